The van der Waals surface area contributed by atoms with E-state index < -0.39 is 38.8 Å². The zero-order chi connectivity index (χ0) is 79.6. The quantitative estimate of drug-likeness (QED) is 0.0108. The summed E-state index contributed by atoms with van der Waals surface area (Å²) < 4.78 is 115. The summed E-state index contributed by atoms with van der Waals surface area (Å²) in [6.07, 6.45) is 0.827. The average molecular weight is 1510 g/mol. The van der Waals surface area contributed by atoms with Gasteiger partial charge in [-0.3, -0.25) is 38.4 Å². The number of hydrogen-bond acceptors (Lipinski definition) is 15. The lowest BCUT2D eigenvalue weighted by Crippen LogP contribution is -2.28. The molecule has 17 nitrogen and oxygen atoms in total. The van der Waals surface area contributed by atoms with Crippen molar-refractivity contribution in [3.05, 3.63) is 291 Å². The second-order valence-corrected chi connectivity index (χ2v) is 25.4. The van der Waals surface area contributed by atoms with E-state index in [1.165, 1.54) is 120 Å². The predicted octanol–water partition coefficient (Wildman–Crippen LogP) is 18.0. The number of carbonyl (C=O) groups excluding carboxylic acids is 8. The summed E-state index contributed by atoms with van der Waals surface area (Å²) >= 11 is 0. The molecule has 0 radical (unpaired) electrons. The number of benzene rings is 10. The highest BCUT2D eigenvalue weighted by Gasteiger charge is 2.49. The molecule has 5 N–H and O–H groups in total. The van der Waals surface area contributed by atoms with Gasteiger partial charge in [-0.25, -0.2) is 17.6 Å². The number of ketones is 6. The van der Waals surface area contributed by atoms with Gasteiger partial charge in [-0.05, 0) is 202 Å². The summed E-state index contributed by atoms with van der Waals surface area (Å²) in [7, 11) is -5.78. The first kappa shape index (κ1) is 87.9. The molecule has 108 heavy (non-hydrogen) atoms. The number of hydrogen-bond donors (Lipinski definition) is 5. The Labute approximate surface area is 620 Å². The van der Waals surface area contributed by atoms with Gasteiger partial charge in [0.15, 0.2) is 34.7 Å². The molecule has 2 amide bonds. The van der Waals surface area contributed by atoms with Crippen molar-refractivity contribution < 1.29 is 97.1 Å². The summed E-state index contributed by atoms with van der Waals surface area (Å²) in [4.78, 5) is 91.5. The number of Topliss-reactive ketones (excluding diaryl/α,β-unsaturated/α-hetero) is 6. The molecule has 0 unspecified atom stereocenters. The van der Waals surface area contributed by atoms with E-state index in [2.05, 4.69) is 20.0 Å². The largest absolute Gasteiger partial charge is 0.534 e. The van der Waals surface area contributed by atoms with Crippen LogP contribution in [0.5, 0.6) is 17.2 Å². The van der Waals surface area contributed by atoms with E-state index in [0.29, 0.717) is 66.8 Å². The Balaban J connectivity index is 0.000000276. The van der Waals surface area contributed by atoms with Gasteiger partial charge in [0.2, 0.25) is 17.6 Å². The monoisotopic (exact) mass is 1510 g/mol. The molecular formula is C83H78F7N3O14S. The molecule has 25 heteroatoms. The predicted molar refractivity (Wildman–Crippen MR) is 400 cm³/mol. The Morgan fingerprint density at radius 2 is 0.731 bits per heavy atom. The number of phenols is 2. The van der Waals surface area contributed by atoms with Crippen molar-refractivity contribution in [2.45, 2.75) is 82.2 Å². The lowest BCUT2D eigenvalue weighted by molar-refractivity contribution is -0.119. The molecule has 0 aliphatic carbocycles. The summed E-state index contributed by atoms with van der Waals surface area (Å²) in [5.74, 6) is -4.26. The van der Waals surface area contributed by atoms with Crippen LogP contribution >= 0.6 is 0 Å². The van der Waals surface area contributed by atoms with Crippen LogP contribution in [-0.4, -0.2) is 95.2 Å². The number of phenolic OH excluding ortho intramolecular Hbond substituents is 2. The summed E-state index contributed by atoms with van der Waals surface area (Å²) in [5, 5.41) is 34.9. The zero-order valence-corrected chi connectivity index (χ0v) is 60.3. The third-order valence-electron chi connectivity index (χ3n) is 15.0. The van der Waals surface area contributed by atoms with Crippen LogP contribution in [-0.2, 0) is 19.7 Å². The van der Waals surface area contributed by atoms with Crippen molar-refractivity contribution in [1.82, 2.24) is 10.6 Å². The molecule has 0 aromatic heterocycles. The smallest absolute Gasteiger partial charge is 0.508 e. The van der Waals surface area contributed by atoms with E-state index in [0.717, 1.165) is 52.6 Å². The van der Waals surface area contributed by atoms with Crippen LogP contribution in [0.25, 0.3) is 44.5 Å². The van der Waals surface area contributed by atoms with Crippen LogP contribution in [0.15, 0.2) is 211 Å². The molecule has 0 atom stereocenters. The number of amides is 2. The third kappa shape index (κ3) is 26.9. The summed E-state index contributed by atoms with van der Waals surface area (Å²) in [5.41, 5.74) is 5.77. The zero-order valence-electron chi connectivity index (χ0n) is 59.5. The molecule has 10 aromatic rings. The van der Waals surface area contributed by atoms with Gasteiger partial charge in [-0.15, -0.1) is 0 Å². The lowest BCUT2D eigenvalue weighted by atomic mass is 9.95. The van der Waals surface area contributed by atoms with Crippen LogP contribution < -0.4 is 14.8 Å². The first-order valence-electron chi connectivity index (χ1n) is 32.2. The summed E-state index contributed by atoms with van der Waals surface area (Å²) in [6.45, 7) is 15.6. The highest BCUT2D eigenvalue weighted by molar-refractivity contribution is 7.88. The Morgan fingerprint density at radius 1 is 0.417 bits per heavy atom. The van der Waals surface area contributed by atoms with Gasteiger partial charge in [-0.2, -0.15) is 21.6 Å². The number of aromatic hydroxyl groups is 2. The summed E-state index contributed by atoms with van der Waals surface area (Å²) in [6, 6.07) is 53.3. The number of nitrogens with zero attached hydrogens (tertiary/aromatic N) is 1. The molecule has 0 fully saturated rings. The van der Waals surface area contributed by atoms with E-state index in [1.807, 2.05) is 58.0 Å². The molecule has 10 aromatic carbocycles. The number of oxime groups is 1. The minimum Gasteiger partial charge on any atom is -0.508 e. The van der Waals surface area contributed by atoms with Crippen molar-refractivity contribution in [1.29, 1.82) is 0 Å². The number of rotatable bonds is 17. The van der Waals surface area contributed by atoms with E-state index in [9.17, 15) is 87.7 Å². The topological polar surface area (TPSA) is 277 Å². The maximum atomic E-state index is 13.4. The van der Waals surface area contributed by atoms with Gasteiger partial charge >= 0.3 is 15.6 Å². The Morgan fingerprint density at radius 3 is 1.08 bits per heavy atom. The molecule has 0 bridgehead atoms. The van der Waals surface area contributed by atoms with Gasteiger partial charge < -0.3 is 30.2 Å². The van der Waals surface area contributed by atoms with Gasteiger partial charge in [-0.1, -0.05) is 145 Å². The Kier molecular flexibility index (Phi) is 33.1. The van der Waals surface area contributed by atoms with Crippen LogP contribution in [0, 0.1) is 57.9 Å². The van der Waals surface area contributed by atoms with Gasteiger partial charge in [0, 0.05) is 36.1 Å². The van der Waals surface area contributed by atoms with Gasteiger partial charge in [0.1, 0.15) is 41.0 Å². The van der Waals surface area contributed by atoms with Crippen LogP contribution in [0.2, 0.25) is 0 Å². The normalized spacial score (nSPS) is 10.5. The maximum Gasteiger partial charge on any atom is 0.534 e. The van der Waals surface area contributed by atoms with Crippen LogP contribution in [0.3, 0.4) is 0 Å². The molecule has 0 saturated heterocycles. The maximum absolute atomic E-state index is 13.4. The first-order valence-corrected chi connectivity index (χ1v) is 33.6. The number of nitrogens with one attached hydrogen (secondary N) is 2. The van der Waals surface area contributed by atoms with Crippen LogP contribution in [0.4, 0.5) is 30.7 Å². The molecular weight excluding hydrogens is 1430 g/mol. The van der Waals surface area contributed by atoms with Crippen molar-refractivity contribution in [2.24, 2.45) is 5.16 Å². The Bertz CT molecular complexity index is 4980. The fourth-order valence-corrected chi connectivity index (χ4v) is 10.4. The standard InChI is InChI=1S/C17H16FNO2.C16H14FNO3.C15H12FNO2.C15H13FO.C10H9F3O4S.C9H10O2.CH4/c1-11-6-7-15(17(21)10-19-12(2)20)16(8-11)13-4-3-5-14(18)9-13;1-10(19)18-9-16(21)14-6-5-13(20)8-15(14)11-3-2-4-12(17)7-11;1-10-5-6-13(15(18)9-17-19)14(7-10)11-3-2-4-12(16)8-11;1-10-6-7-14(11(2)17)15(8-10)12-4-3-5-13(16)9-12;1-6-3-4-8(7(2)14)9(5-6)17-18(15,16)10(11,12)13;1-6-3-4-8(7(2)10)9(11)5-6;/h3-9H,10H2,1-2H3,(H,19,20);2-8,20H,9H2,1H3,(H,18,19);2-9,19H,1H3;3-9H,1-2H3;3-5H,1-2H3;3-5,11H,1-2H3;1H4/b;;17-9-;;;;. The highest BCUT2D eigenvalue weighted by atomic mass is 32.2. The van der Waals surface area contributed by atoms with Crippen molar-refractivity contribution >= 4 is 62.8 Å². The number of alkyl halides is 3. The highest BCUT2D eigenvalue weighted by Crippen LogP contribution is 2.33. The number of carbonyl (C=O) groups is 8. The van der Waals surface area contributed by atoms with Crippen molar-refractivity contribution in [3.8, 4) is 61.8 Å². The fraction of sp³-hybridized carbons (Fsp3) is 0.169. The second-order valence-electron chi connectivity index (χ2n) is 23.9. The Hall–Kier alpha value is -12.5. The van der Waals surface area contributed by atoms with E-state index in [1.54, 1.807) is 84.9 Å². The minimum absolute atomic E-state index is 0. The molecule has 0 heterocycles. The second kappa shape index (κ2) is 40.7. The van der Waals surface area contributed by atoms with Gasteiger partial charge in [0.25, 0.3) is 0 Å². The first-order chi connectivity index (χ1) is 50.3. The average Bonchev–Trinajstić information content (AvgIpc) is 0.823. The molecule has 0 spiro atoms. The van der Waals surface area contributed by atoms with Crippen molar-refractivity contribution in [2.75, 3.05) is 13.1 Å². The fourth-order valence-electron chi connectivity index (χ4n) is 9.91. The molecule has 0 aliphatic heterocycles. The molecule has 0 aliphatic rings. The minimum atomic E-state index is -5.78. The molecule has 564 valence electrons. The van der Waals surface area contributed by atoms with E-state index in [-0.39, 0.29) is 90.0 Å². The van der Waals surface area contributed by atoms with E-state index >= 15 is 0 Å². The number of aryl methyl sites for hydroxylation is 5. The number of halogens is 7. The molecule has 10 rings (SSSR count). The SMILES string of the molecule is C.CC(=O)NCC(=O)c1ccc(C)cc1-c1cccc(F)c1.CC(=O)NCC(=O)c1ccc(O)cc1-c1cccc(F)c1.CC(=O)c1ccc(C)cc1-c1cccc(F)c1.CC(=O)c1ccc(C)cc1O.CC(=O)c1ccc(C)cc1OS(=O)(=O)C(F)(F)F.Cc1ccc(C(=O)/C=N\O)c(-c2cccc(F)c2)c1. The lowest BCUT2D eigenvalue weighted by Gasteiger charge is -2.12. The van der Waals surface area contributed by atoms with E-state index in [4.69, 9.17) is 5.21 Å². The van der Waals surface area contributed by atoms with Gasteiger partial charge in [0.05, 0.1) is 24.2 Å². The molecule has 0 saturated carbocycles. The van der Waals surface area contributed by atoms with Crippen LogP contribution in [0.1, 0.15) is 132 Å². The van der Waals surface area contributed by atoms with Crippen molar-refractivity contribution in [3.63, 3.8) is 0 Å². The third-order valence-corrected chi connectivity index (χ3v) is 16.0.